The van der Waals surface area contributed by atoms with Crippen LogP contribution in [0.4, 0.5) is 0 Å². The highest BCUT2D eigenvalue weighted by molar-refractivity contribution is 5.78. The van der Waals surface area contributed by atoms with Crippen LogP contribution >= 0.6 is 0 Å². The zero-order valence-electron chi connectivity index (χ0n) is 6.18. The molecule has 0 rings (SSSR count). The van der Waals surface area contributed by atoms with Crippen LogP contribution in [0.2, 0.25) is 0 Å². The summed E-state index contributed by atoms with van der Waals surface area (Å²) in [6.07, 6.45) is 1.98. The lowest BCUT2D eigenvalue weighted by molar-refractivity contribution is -0.120. The van der Waals surface area contributed by atoms with Gasteiger partial charge >= 0.3 is 0 Å². The highest BCUT2D eigenvalue weighted by Crippen LogP contribution is 2.04. The average molecular weight is 129 g/mol. The molecule has 0 aliphatic rings. The Labute approximate surface area is 56.4 Å². The van der Waals surface area contributed by atoms with Crippen molar-refractivity contribution in [2.45, 2.75) is 26.7 Å². The first kappa shape index (κ1) is 8.63. The van der Waals surface area contributed by atoms with E-state index in [1.54, 1.807) is 6.92 Å². The zero-order valence-corrected chi connectivity index (χ0v) is 6.18. The monoisotopic (exact) mass is 129 g/mol. The Morgan fingerprint density at radius 1 is 1.67 bits per heavy atom. The highest BCUT2D eigenvalue weighted by Gasteiger charge is 2.08. The molecule has 54 valence electrons. The van der Waals surface area contributed by atoms with E-state index in [0.29, 0.717) is 6.54 Å². The van der Waals surface area contributed by atoms with Crippen LogP contribution in [0.5, 0.6) is 0 Å². The Hall–Kier alpha value is -0.370. The second kappa shape index (κ2) is 4.50. The van der Waals surface area contributed by atoms with Crippen molar-refractivity contribution in [3.05, 3.63) is 0 Å². The summed E-state index contributed by atoms with van der Waals surface area (Å²) in [7, 11) is 0. The second-order valence-electron chi connectivity index (χ2n) is 2.33. The number of hydrogen-bond donors (Lipinski definition) is 1. The van der Waals surface area contributed by atoms with Crippen molar-refractivity contribution in [3.63, 3.8) is 0 Å². The molecular weight excluding hydrogens is 114 g/mol. The first-order valence-electron chi connectivity index (χ1n) is 3.42. The number of rotatable bonds is 4. The van der Waals surface area contributed by atoms with Gasteiger partial charge in [0, 0.05) is 12.5 Å². The van der Waals surface area contributed by atoms with E-state index >= 15 is 0 Å². The number of ketones is 1. The van der Waals surface area contributed by atoms with Crippen molar-refractivity contribution in [3.8, 4) is 0 Å². The van der Waals surface area contributed by atoms with Gasteiger partial charge in [0.15, 0.2) is 0 Å². The minimum Gasteiger partial charge on any atom is -0.330 e. The van der Waals surface area contributed by atoms with Crippen LogP contribution in [-0.4, -0.2) is 12.3 Å². The Morgan fingerprint density at radius 3 is 2.33 bits per heavy atom. The fraction of sp³-hybridized carbons (Fsp3) is 0.857. The molecule has 2 heteroatoms. The average Bonchev–Trinajstić information content (AvgIpc) is 1.82. The minimum absolute atomic E-state index is 0.106. The highest BCUT2D eigenvalue weighted by atomic mass is 16.1. The van der Waals surface area contributed by atoms with E-state index in [-0.39, 0.29) is 11.7 Å². The van der Waals surface area contributed by atoms with E-state index in [0.717, 1.165) is 12.8 Å². The molecule has 0 aromatic rings. The van der Waals surface area contributed by atoms with Crippen LogP contribution in [0.25, 0.3) is 0 Å². The summed E-state index contributed by atoms with van der Waals surface area (Å²) in [4.78, 5) is 10.7. The van der Waals surface area contributed by atoms with Gasteiger partial charge in [-0.25, -0.2) is 0 Å². The number of carbonyl (C=O) groups is 1. The molecule has 0 amide bonds. The Bertz CT molecular complexity index is 90.9. The third kappa shape index (κ3) is 3.25. The first-order chi connectivity index (χ1) is 4.22. The lowest BCUT2D eigenvalue weighted by atomic mass is 10.0. The molecule has 0 aromatic carbocycles. The van der Waals surface area contributed by atoms with E-state index in [9.17, 15) is 4.79 Å². The first-order valence-corrected chi connectivity index (χ1v) is 3.42. The van der Waals surface area contributed by atoms with E-state index in [1.807, 2.05) is 0 Å². The molecule has 9 heavy (non-hydrogen) atoms. The third-order valence-corrected chi connectivity index (χ3v) is 1.50. The van der Waals surface area contributed by atoms with E-state index in [2.05, 4.69) is 6.92 Å². The van der Waals surface area contributed by atoms with Gasteiger partial charge in [0.1, 0.15) is 5.78 Å². The Morgan fingerprint density at radius 2 is 2.22 bits per heavy atom. The molecule has 1 atom stereocenters. The molecule has 0 aliphatic heterocycles. The number of carbonyl (C=O) groups excluding carboxylic acids is 1. The van der Waals surface area contributed by atoms with Gasteiger partial charge in [0.05, 0.1) is 0 Å². The molecule has 0 fully saturated rings. The molecule has 0 saturated heterocycles. The van der Waals surface area contributed by atoms with E-state index < -0.39 is 0 Å². The van der Waals surface area contributed by atoms with Crippen molar-refractivity contribution >= 4 is 5.78 Å². The van der Waals surface area contributed by atoms with Gasteiger partial charge in [0.2, 0.25) is 0 Å². The number of nitrogens with two attached hydrogens (primary N) is 1. The lowest BCUT2D eigenvalue weighted by Crippen LogP contribution is -2.20. The van der Waals surface area contributed by atoms with Crippen LogP contribution < -0.4 is 5.73 Å². The Kier molecular flexibility index (Phi) is 4.32. The molecular formula is C7H15NO. The molecule has 2 nitrogen and oxygen atoms in total. The van der Waals surface area contributed by atoms with Gasteiger partial charge < -0.3 is 5.73 Å². The summed E-state index contributed by atoms with van der Waals surface area (Å²) >= 11 is 0. The maximum Gasteiger partial charge on any atom is 0.134 e. The third-order valence-electron chi connectivity index (χ3n) is 1.50. The van der Waals surface area contributed by atoms with Gasteiger partial charge in [-0.2, -0.15) is 0 Å². The Balaban J connectivity index is 3.54. The predicted octanol–water partition coefficient (Wildman–Crippen LogP) is 0.950. The fourth-order valence-corrected chi connectivity index (χ4v) is 0.836. The quantitative estimate of drug-likeness (QED) is 0.614. The van der Waals surface area contributed by atoms with Crippen LogP contribution in [0.3, 0.4) is 0 Å². The summed E-state index contributed by atoms with van der Waals surface area (Å²) in [5.74, 6) is 0.328. The van der Waals surface area contributed by atoms with Crippen LogP contribution in [-0.2, 0) is 4.79 Å². The molecule has 0 aromatic heterocycles. The molecule has 0 heterocycles. The SMILES string of the molecule is CCC[C@H](CN)C(C)=O. The van der Waals surface area contributed by atoms with E-state index in [1.165, 1.54) is 0 Å². The minimum atomic E-state index is 0.106. The summed E-state index contributed by atoms with van der Waals surface area (Å²) in [6.45, 7) is 4.17. The zero-order chi connectivity index (χ0) is 7.28. The second-order valence-corrected chi connectivity index (χ2v) is 2.33. The standard InChI is InChI=1S/C7H15NO/c1-3-4-7(5-8)6(2)9/h7H,3-5,8H2,1-2H3/t7-/m1/s1. The van der Waals surface area contributed by atoms with Gasteiger partial charge in [-0.15, -0.1) is 0 Å². The molecule has 0 saturated carbocycles. The van der Waals surface area contributed by atoms with Crippen molar-refractivity contribution < 1.29 is 4.79 Å². The molecule has 0 radical (unpaired) electrons. The maximum atomic E-state index is 10.7. The predicted molar refractivity (Wildman–Crippen MR) is 38.1 cm³/mol. The largest absolute Gasteiger partial charge is 0.330 e. The summed E-state index contributed by atoms with van der Waals surface area (Å²) in [5, 5.41) is 0. The van der Waals surface area contributed by atoms with Gasteiger partial charge in [-0.3, -0.25) is 4.79 Å². The number of hydrogen-bond acceptors (Lipinski definition) is 2. The van der Waals surface area contributed by atoms with Crippen molar-refractivity contribution in [1.82, 2.24) is 0 Å². The van der Waals surface area contributed by atoms with Crippen molar-refractivity contribution in [2.24, 2.45) is 11.7 Å². The van der Waals surface area contributed by atoms with Gasteiger partial charge in [-0.1, -0.05) is 13.3 Å². The normalized spacial score (nSPS) is 13.2. The molecule has 0 unspecified atom stereocenters. The smallest absolute Gasteiger partial charge is 0.134 e. The van der Waals surface area contributed by atoms with Crippen molar-refractivity contribution in [1.29, 1.82) is 0 Å². The van der Waals surface area contributed by atoms with Gasteiger partial charge in [-0.05, 0) is 13.3 Å². The summed E-state index contributed by atoms with van der Waals surface area (Å²) < 4.78 is 0. The topological polar surface area (TPSA) is 43.1 Å². The van der Waals surface area contributed by atoms with Gasteiger partial charge in [0.25, 0.3) is 0 Å². The summed E-state index contributed by atoms with van der Waals surface area (Å²) in [5.41, 5.74) is 5.34. The van der Waals surface area contributed by atoms with Crippen molar-refractivity contribution in [2.75, 3.05) is 6.54 Å². The van der Waals surface area contributed by atoms with Crippen LogP contribution in [0.1, 0.15) is 26.7 Å². The number of Topliss-reactive ketones (excluding diaryl/α,β-unsaturated/α-hetero) is 1. The fourth-order valence-electron chi connectivity index (χ4n) is 0.836. The maximum absolute atomic E-state index is 10.7. The molecule has 2 N–H and O–H groups in total. The van der Waals surface area contributed by atoms with Crippen LogP contribution in [0.15, 0.2) is 0 Å². The molecule has 0 spiro atoms. The molecule has 0 bridgehead atoms. The van der Waals surface area contributed by atoms with E-state index in [4.69, 9.17) is 5.73 Å². The lowest BCUT2D eigenvalue weighted by Gasteiger charge is -2.07. The summed E-state index contributed by atoms with van der Waals surface area (Å²) in [6, 6.07) is 0. The van der Waals surface area contributed by atoms with Crippen LogP contribution in [0, 0.1) is 5.92 Å². The molecule has 0 aliphatic carbocycles.